The molecule has 0 aromatic heterocycles. The molecule has 72 valence electrons. The van der Waals surface area contributed by atoms with E-state index in [1.807, 2.05) is 0 Å². The molecule has 0 fully saturated rings. The molecule has 0 radical (unpaired) electrons. The van der Waals surface area contributed by atoms with E-state index in [1.54, 1.807) is 6.92 Å². The van der Waals surface area contributed by atoms with Crippen LogP contribution in [-0.2, 0) is 9.53 Å². The Morgan fingerprint density at radius 2 is 2.08 bits per heavy atom. The van der Waals surface area contributed by atoms with E-state index in [0.717, 1.165) is 25.7 Å². The van der Waals surface area contributed by atoms with Crippen LogP contribution in [-0.4, -0.2) is 24.3 Å². The standard InChI is InChI=1S/C9H18O3/c1-8(10)6-4-3-5-7-9(11)12-2/h8,10H,3-7H2,1-2H3/t8-/m1/s1. The third-order valence-corrected chi connectivity index (χ3v) is 1.73. The first-order chi connectivity index (χ1) is 5.66. The highest BCUT2D eigenvalue weighted by Crippen LogP contribution is 2.05. The molecule has 12 heavy (non-hydrogen) atoms. The predicted molar refractivity (Wildman–Crippen MR) is 46.8 cm³/mol. The zero-order chi connectivity index (χ0) is 9.40. The van der Waals surface area contributed by atoms with Gasteiger partial charge in [0, 0.05) is 6.42 Å². The highest BCUT2D eigenvalue weighted by atomic mass is 16.5. The predicted octanol–water partition coefficient (Wildman–Crippen LogP) is 1.49. The van der Waals surface area contributed by atoms with Crippen molar-refractivity contribution >= 4 is 5.97 Å². The monoisotopic (exact) mass is 174 g/mol. The van der Waals surface area contributed by atoms with Crippen LogP contribution >= 0.6 is 0 Å². The highest BCUT2D eigenvalue weighted by molar-refractivity contribution is 5.68. The minimum atomic E-state index is -0.219. The fourth-order valence-electron chi connectivity index (χ4n) is 0.988. The van der Waals surface area contributed by atoms with Crippen LogP contribution < -0.4 is 0 Å². The molecule has 0 heterocycles. The Kier molecular flexibility index (Phi) is 6.76. The van der Waals surface area contributed by atoms with Gasteiger partial charge in [0.2, 0.25) is 0 Å². The lowest BCUT2D eigenvalue weighted by Gasteiger charge is -2.02. The van der Waals surface area contributed by atoms with Gasteiger partial charge in [0.05, 0.1) is 13.2 Å². The Morgan fingerprint density at radius 1 is 1.42 bits per heavy atom. The number of hydrogen-bond donors (Lipinski definition) is 1. The second-order valence-corrected chi connectivity index (χ2v) is 3.02. The van der Waals surface area contributed by atoms with E-state index in [1.165, 1.54) is 7.11 Å². The van der Waals surface area contributed by atoms with E-state index in [0.29, 0.717) is 6.42 Å². The normalized spacial score (nSPS) is 12.6. The maximum absolute atomic E-state index is 10.6. The van der Waals surface area contributed by atoms with Gasteiger partial charge in [0.1, 0.15) is 0 Å². The van der Waals surface area contributed by atoms with E-state index < -0.39 is 0 Å². The lowest BCUT2D eigenvalue weighted by atomic mass is 10.1. The Bertz CT molecular complexity index is 121. The third-order valence-electron chi connectivity index (χ3n) is 1.73. The first kappa shape index (κ1) is 11.4. The summed E-state index contributed by atoms with van der Waals surface area (Å²) in [5.74, 6) is -0.146. The van der Waals surface area contributed by atoms with Gasteiger partial charge < -0.3 is 9.84 Å². The molecule has 1 N–H and O–H groups in total. The molecule has 1 atom stereocenters. The lowest BCUT2D eigenvalue weighted by molar-refractivity contribution is -0.140. The molecule has 0 aliphatic carbocycles. The van der Waals surface area contributed by atoms with Crippen molar-refractivity contribution in [1.29, 1.82) is 0 Å². The lowest BCUT2D eigenvalue weighted by Crippen LogP contribution is -2.01. The molecule has 0 aromatic rings. The summed E-state index contributed by atoms with van der Waals surface area (Å²) < 4.78 is 4.49. The number of rotatable bonds is 6. The van der Waals surface area contributed by atoms with Crippen molar-refractivity contribution in [3.05, 3.63) is 0 Å². The van der Waals surface area contributed by atoms with Crippen molar-refractivity contribution in [2.45, 2.75) is 45.1 Å². The largest absolute Gasteiger partial charge is 0.469 e. The summed E-state index contributed by atoms with van der Waals surface area (Å²) in [6.45, 7) is 1.78. The van der Waals surface area contributed by atoms with Crippen molar-refractivity contribution in [1.82, 2.24) is 0 Å². The number of hydrogen-bond acceptors (Lipinski definition) is 3. The van der Waals surface area contributed by atoms with Crippen molar-refractivity contribution in [3.63, 3.8) is 0 Å². The Hall–Kier alpha value is -0.570. The zero-order valence-corrected chi connectivity index (χ0v) is 7.88. The molecule has 0 saturated carbocycles. The number of unbranched alkanes of at least 4 members (excludes halogenated alkanes) is 2. The van der Waals surface area contributed by atoms with Crippen LogP contribution in [0.2, 0.25) is 0 Å². The second-order valence-electron chi connectivity index (χ2n) is 3.02. The van der Waals surface area contributed by atoms with Crippen molar-refractivity contribution < 1.29 is 14.6 Å². The van der Waals surface area contributed by atoms with Crippen LogP contribution in [0.15, 0.2) is 0 Å². The van der Waals surface area contributed by atoms with Gasteiger partial charge >= 0.3 is 5.97 Å². The van der Waals surface area contributed by atoms with E-state index in [9.17, 15) is 4.79 Å². The molecule has 0 aliphatic heterocycles. The van der Waals surface area contributed by atoms with E-state index >= 15 is 0 Å². The van der Waals surface area contributed by atoms with Gasteiger partial charge in [-0.1, -0.05) is 12.8 Å². The summed E-state index contributed by atoms with van der Waals surface area (Å²) in [6, 6.07) is 0. The van der Waals surface area contributed by atoms with Gasteiger partial charge in [0.25, 0.3) is 0 Å². The smallest absolute Gasteiger partial charge is 0.305 e. The Balaban J connectivity index is 3.05. The summed E-state index contributed by atoms with van der Waals surface area (Å²) in [5, 5.41) is 8.92. The van der Waals surface area contributed by atoms with Crippen LogP contribution in [0.4, 0.5) is 0 Å². The van der Waals surface area contributed by atoms with E-state index in [2.05, 4.69) is 4.74 Å². The number of carbonyl (C=O) groups is 1. The van der Waals surface area contributed by atoms with Crippen molar-refractivity contribution in [2.75, 3.05) is 7.11 Å². The molecule has 0 saturated heterocycles. The van der Waals surface area contributed by atoms with E-state index in [4.69, 9.17) is 5.11 Å². The maximum atomic E-state index is 10.6. The molecule has 0 bridgehead atoms. The maximum Gasteiger partial charge on any atom is 0.305 e. The minimum Gasteiger partial charge on any atom is -0.469 e. The van der Waals surface area contributed by atoms with Gasteiger partial charge in [-0.3, -0.25) is 4.79 Å². The molecule has 0 aromatic carbocycles. The number of ether oxygens (including phenoxy) is 1. The van der Waals surface area contributed by atoms with Gasteiger partial charge in [0.15, 0.2) is 0 Å². The summed E-state index contributed by atoms with van der Waals surface area (Å²) in [4.78, 5) is 10.6. The van der Waals surface area contributed by atoms with Crippen molar-refractivity contribution in [2.24, 2.45) is 0 Å². The molecule has 0 spiro atoms. The average Bonchev–Trinajstić information content (AvgIpc) is 2.03. The fraction of sp³-hybridized carbons (Fsp3) is 0.889. The van der Waals surface area contributed by atoms with Crippen molar-refractivity contribution in [3.8, 4) is 0 Å². The summed E-state index contributed by atoms with van der Waals surface area (Å²) in [6.07, 6.45) is 3.93. The quantitative estimate of drug-likeness (QED) is 0.490. The molecule has 0 rings (SSSR count). The van der Waals surface area contributed by atoms with Gasteiger partial charge in [-0.15, -0.1) is 0 Å². The molecular formula is C9H18O3. The molecular weight excluding hydrogens is 156 g/mol. The molecule has 0 aliphatic rings. The first-order valence-electron chi connectivity index (χ1n) is 4.41. The summed E-state index contributed by atoms with van der Waals surface area (Å²) in [5.41, 5.74) is 0. The van der Waals surface area contributed by atoms with Crippen LogP contribution in [0.5, 0.6) is 0 Å². The topological polar surface area (TPSA) is 46.5 Å². The van der Waals surface area contributed by atoms with Gasteiger partial charge in [-0.05, 0) is 19.8 Å². The Labute approximate surface area is 73.7 Å². The van der Waals surface area contributed by atoms with E-state index in [-0.39, 0.29) is 12.1 Å². The number of esters is 1. The number of methoxy groups -OCH3 is 1. The highest BCUT2D eigenvalue weighted by Gasteiger charge is 2.00. The fourth-order valence-corrected chi connectivity index (χ4v) is 0.988. The summed E-state index contributed by atoms with van der Waals surface area (Å²) in [7, 11) is 1.40. The minimum absolute atomic E-state index is 0.146. The third kappa shape index (κ3) is 7.54. The second kappa shape index (κ2) is 7.10. The van der Waals surface area contributed by atoms with Gasteiger partial charge in [-0.2, -0.15) is 0 Å². The first-order valence-corrected chi connectivity index (χ1v) is 4.41. The summed E-state index contributed by atoms with van der Waals surface area (Å²) >= 11 is 0. The Morgan fingerprint density at radius 3 is 2.58 bits per heavy atom. The number of carbonyl (C=O) groups excluding carboxylic acids is 1. The van der Waals surface area contributed by atoms with Crippen LogP contribution in [0.1, 0.15) is 39.0 Å². The molecule has 3 heteroatoms. The molecule has 0 amide bonds. The van der Waals surface area contributed by atoms with Crippen LogP contribution in [0.25, 0.3) is 0 Å². The average molecular weight is 174 g/mol. The SMILES string of the molecule is COC(=O)CCCCC[C@@H](C)O. The molecule has 0 unspecified atom stereocenters. The van der Waals surface area contributed by atoms with Gasteiger partial charge in [-0.25, -0.2) is 0 Å². The number of aliphatic hydroxyl groups excluding tert-OH is 1. The van der Waals surface area contributed by atoms with Crippen LogP contribution in [0.3, 0.4) is 0 Å². The van der Waals surface area contributed by atoms with Crippen LogP contribution in [0, 0.1) is 0 Å². The molecule has 3 nitrogen and oxygen atoms in total. The zero-order valence-electron chi connectivity index (χ0n) is 7.88. The number of aliphatic hydroxyl groups is 1.